The summed E-state index contributed by atoms with van der Waals surface area (Å²) < 4.78 is 0. The maximum absolute atomic E-state index is 12.6. The van der Waals surface area contributed by atoms with Crippen molar-refractivity contribution in [1.82, 2.24) is 0 Å². The van der Waals surface area contributed by atoms with Crippen LogP contribution in [0.15, 0.2) is 47.4 Å². The number of aryl methyl sites for hydroxylation is 1. The second-order valence-corrected chi connectivity index (χ2v) is 9.81. The van der Waals surface area contributed by atoms with Crippen LogP contribution in [0.2, 0.25) is 0 Å². The molecular formula is C23H28N2O4S. The lowest BCUT2D eigenvalue weighted by atomic mass is 9.92. The molecule has 0 aliphatic heterocycles. The first-order chi connectivity index (χ1) is 13.9. The van der Waals surface area contributed by atoms with Crippen LogP contribution >= 0.6 is 11.8 Å². The van der Waals surface area contributed by atoms with Gasteiger partial charge in [-0.3, -0.25) is 9.59 Å². The molecule has 0 aromatic heterocycles. The molecule has 2 rings (SSSR count). The molecule has 0 saturated carbocycles. The van der Waals surface area contributed by atoms with Crippen LogP contribution in [-0.4, -0.2) is 28.1 Å². The zero-order valence-electron chi connectivity index (χ0n) is 17.9. The first-order valence-corrected chi connectivity index (χ1v) is 10.5. The fraction of sp³-hybridized carbons (Fsp3) is 0.348. The number of thioether (sulfide) groups is 1. The summed E-state index contributed by atoms with van der Waals surface area (Å²) in [6.45, 7) is 9.61. The van der Waals surface area contributed by atoms with Gasteiger partial charge < -0.3 is 15.7 Å². The molecular weight excluding hydrogens is 400 g/mol. The largest absolute Gasteiger partial charge is 0.478 e. The fourth-order valence-corrected chi connectivity index (χ4v) is 3.64. The molecule has 2 amide bonds. The Hall–Kier alpha value is -2.80. The number of rotatable bonds is 7. The lowest BCUT2D eigenvalue weighted by molar-refractivity contribution is -0.118. The summed E-state index contributed by atoms with van der Waals surface area (Å²) in [4.78, 5) is 36.8. The number of hydrogen-bond donors (Lipinski definition) is 3. The summed E-state index contributed by atoms with van der Waals surface area (Å²) in [6, 6.07) is 12.0. The van der Waals surface area contributed by atoms with E-state index in [1.807, 2.05) is 52.0 Å². The minimum absolute atomic E-state index is 0.0516. The Kier molecular flexibility index (Phi) is 7.67. The number of hydrogen-bond acceptors (Lipinski definition) is 4. The van der Waals surface area contributed by atoms with Crippen molar-refractivity contribution < 1.29 is 19.5 Å². The Balaban J connectivity index is 2.03. The van der Waals surface area contributed by atoms with Crippen molar-refractivity contribution in [3.8, 4) is 0 Å². The minimum Gasteiger partial charge on any atom is -0.478 e. The second kappa shape index (κ2) is 9.80. The van der Waals surface area contributed by atoms with E-state index in [-0.39, 0.29) is 22.8 Å². The maximum Gasteiger partial charge on any atom is 0.335 e. The number of aromatic carboxylic acids is 1. The van der Waals surface area contributed by atoms with Crippen molar-refractivity contribution in [2.75, 3.05) is 10.6 Å². The number of nitrogens with one attached hydrogen (secondary N) is 2. The average Bonchev–Trinajstić information content (AvgIpc) is 2.61. The van der Waals surface area contributed by atoms with Gasteiger partial charge in [-0.25, -0.2) is 4.79 Å². The number of anilines is 2. The summed E-state index contributed by atoms with van der Waals surface area (Å²) in [5, 5.41) is 14.4. The third-order valence-corrected chi connectivity index (χ3v) is 5.33. The highest BCUT2D eigenvalue weighted by Crippen LogP contribution is 2.28. The molecule has 0 spiro atoms. The predicted molar refractivity (Wildman–Crippen MR) is 121 cm³/mol. The molecule has 2 aromatic rings. The van der Waals surface area contributed by atoms with E-state index in [4.69, 9.17) is 5.11 Å². The van der Waals surface area contributed by atoms with E-state index in [0.29, 0.717) is 17.8 Å². The Morgan fingerprint density at radius 3 is 2.40 bits per heavy atom. The Labute approximate surface area is 181 Å². The van der Waals surface area contributed by atoms with Crippen molar-refractivity contribution in [2.45, 2.75) is 51.2 Å². The number of amides is 2. The lowest BCUT2D eigenvalue weighted by Crippen LogP contribution is -2.23. The fourth-order valence-electron chi connectivity index (χ4n) is 2.72. The molecule has 3 N–H and O–H groups in total. The third kappa shape index (κ3) is 7.22. The molecule has 0 aliphatic rings. The van der Waals surface area contributed by atoms with E-state index in [9.17, 15) is 14.4 Å². The summed E-state index contributed by atoms with van der Waals surface area (Å²) >= 11 is 1.36. The van der Waals surface area contributed by atoms with Gasteiger partial charge in [-0.15, -0.1) is 11.8 Å². The first kappa shape index (κ1) is 23.5. The van der Waals surface area contributed by atoms with Crippen molar-refractivity contribution >= 4 is 40.9 Å². The second-order valence-electron chi connectivity index (χ2n) is 8.40. The highest BCUT2D eigenvalue weighted by Gasteiger charge is 2.18. The van der Waals surface area contributed by atoms with Gasteiger partial charge in [-0.1, -0.05) is 32.9 Å². The molecule has 0 heterocycles. The smallest absolute Gasteiger partial charge is 0.335 e. The summed E-state index contributed by atoms with van der Waals surface area (Å²) in [5.74, 6) is -1.32. The number of carbonyl (C=O) groups is 3. The molecule has 30 heavy (non-hydrogen) atoms. The van der Waals surface area contributed by atoms with Crippen LogP contribution in [-0.2, 0) is 9.59 Å². The molecule has 6 nitrogen and oxygen atoms in total. The maximum atomic E-state index is 12.6. The number of benzene rings is 2. The molecule has 1 unspecified atom stereocenters. The van der Waals surface area contributed by atoms with E-state index in [0.717, 1.165) is 10.5 Å². The zero-order chi connectivity index (χ0) is 22.5. The SMILES string of the molecule is Cc1ccc(C(=O)O)cc1NC(=O)C(C)Sc1cccc(NC(=O)CC(C)(C)C)c1. The highest BCUT2D eigenvalue weighted by atomic mass is 32.2. The summed E-state index contributed by atoms with van der Waals surface area (Å²) in [7, 11) is 0. The van der Waals surface area contributed by atoms with E-state index < -0.39 is 11.2 Å². The van der Waals surface area contributed by atoms with Gasteiger partial charge in [-0.05, 0) is 55.2 Å². The highest BCUT2D eigenvalue weighted by molar-refractivity contribution is 8.00. The van der Waals surface area contributed by atoms with Crippen molar-refractivity contribution in [3.63, 3.8) is 0 Å². The summed E-state index contributed by atoms with van der Waals surface area (Å²) in [6.07, 6.45) is 0.415. The van der Waals surface area contributed by atoms with Crippen molar-refractivity contribution in [3.05, 3.63) is 53.6 Å². The van der Waals surface area contributed by atoms with Gasteiger partial charge in [-0.2, -0.15) is 0 Å². The molecule has 0 fully saturated rings. The average molecular weight is 429 g/mol. The molecule has 0 aliphatic carbocycles. The van der Waals surface area contributed by atoms with Gasteiger partial charge >= 0.3 is 5.97 Å². The van der Waals surface area contributed by atoms with Crippen LogP contribution in [0, 0.1) is 12.3 Å². The predicted octanol–water partition coefficient (Wildman–Crippen LogP) is 5.19. The van der Waals surface area contributed by atoms with Crippen LogP contribution in [0.25, 0.3) is 0 Å². The molecule has 2 aromatic carbocycles. The Morgan fingerprint density at radius 2 is 1.77 bits per heavy atom. The van der Waals surface area contributed by atoms with E-state index >= 15 is 0 Å². The van der Waals surface area contributed by atoms with Crippen LogP contribution < -0.4 is 10.6 Å². The molecule has 0 bridgehead atoms. The standard InChI is InChI=1S/C23H28N2O4S/c1-14-9-10-16(22(28)29)11-19(14)25-21(27)15(2)30-18-8-6-7-17(12-18)24-20(26)13-23(3,4)5/h6-12,15H,13H2,1-5H3,(H,24,26)(H,25,27)(H,28,29). The number of carboxylic acids is 1. The minimum atomic E-state index is -1.04. The molecule has 160 valence electrons. The molecule has 0 saturated heterocycles. The Bertz CT molecular complexity index is 950. The topological polar surface area (TPSA) is 95.5 Å². The molecule has 7 heteroatoms. The monoisotopic (exact) mass is 428 g/mol. The van der Waals surface area contributed by atoms with Crippen LogP contribution in [0.3, 0.4) is 0 Å². The van der Waals surface area contributed by atoms with Gasteiger partial charge in [0.15, 0.2) is 0 Å². The van der Waals surface area contributed by atoms with Gasteiger partial charge in [0.1, 0.15) is 0 Å². The van der Waals surface area contributed by atoms with Crippen molar-refractivity contribution in [1.29, 1.82) is 0 Å². The van der Waals surface area contributed by atoms with E-state index in [1.54, 1.807) is 13.0 Å². The normalized spacial score (nSPS) is 12.2. The lowest BCUT2D eigenvalue weighted by Gasteiger charge is -2.18. The Morgan fingerprint density at radius 1 is 1.07 bits per heavy atom. The summed E-state index contributed by atoms with van der Waals surface area (Å²) in [5.41, 5.74) is 1.98. The molecule has 1 atom stereocenters. The third-order valence-electron chi connectivity index (χ3n) is 4.23. The molecule has 0 radical (unpaired) electrons. The van der Waals surface area contributed by atoms with E-state index in [1.165, 1.54) is 23.9 Å². The number of carboxylic acid groups (broad SMARTS) is 1. The van der Waals surface area contributed by atoms with Gasteiger partial charge in [0.05, 0.1) is 10.8 Å². The zero-order valence-corrected chi connectivity index (χ0v) is 18.7. The van der Waals surface area contributed by atoms with Crippen LogP contribution in [0.4, 0.5) is 11.4 Å². The van der Waals surface area contributed by atoms with Gasteiger partial charge in [0.25, 0.3) is 0 Å². The van der Waals surface area contributed by atoms with E-state index in [2.05, 4.69) is 10.6 Å². The van der Waals surface area contributed by atoms with Crippen LogP contribution in [0.1, 0.15) is 50.0 Å². The first-order valence-electron chi connectivity index (χ1n) is 9.66. The number of carbonyl (C=O) groups excluding carboxylic acids is 2. The quantitative estimate of drug-likeness (QED) is 0.528. The van der Waals surface area contributed by atoms with Crippen LogP contribution in [0.5, 0.6) is 0 Å². The van der Waals surface area contributed by atoms with Crippen molar-refractivity contribution in [2.24, 2.45) is 5.41 Å². The van der Waals surface area contributed by atoms with Gasteiger partial charge in [0.2, 0.25) is 11.8 Å². The van der Waals surface area contributed by atoms with Gasteiger partial charge in [0, 0.05) is 22.7 Å².